The van der Waals surface area contributed by atoms with Crippen molar-refractivity contribution in [2.75, 3.05) is 23.9 Å². The van der Waals surface area contributed by atoms with E-state index in [2.05, 4.69) is 5.32 Å². The zero-order chi connectivity index (χ0) is 20.1. The van der Waals surface area contributed by atoms with E-state index in [0.29, 0.717) is 23.5 Å². The minimum atomic E-state index is -0.996. The predicted octanol–water partition coefficient (Wildman–Crippen LogP) is 2.54. The largest absolute Gasteiger partial charge is 0.496 e. The van der Waals surface area contributed by atoms with Crippen LogP contribution in [0.25, 0.3) is 0 Å². The summed E-state index contributed by atoms with van der Waals surface area (Å²) >= 11 is 0. The Morgan fingerprint density at radius 2 is 1.86 bits per heavy atom. The van der Waals surface area contributed by atoms with Crippen molar-refractivity contribution in [2.45, 2.75) is 25.9 Å². The number of hydrogen-bond donors (Lipinski definition) is 1. The first-order valence-corrected chi connectivity index (χ1v) is 9.01. The van der Waals surface area contributed by atoms with E-state index in [1.807, 2.05) is 24.3 Å². The summed E-state index contributed by atoms with van der Waals surface area (Å²) in [6.07, 6.45) is -0.433. The molecule has 0 unspecified atom stereocenters. The fraction of sp³-hybridized carbons (Fsp3) is 0.286. The summed E-state index contributed by atoms with van der Waals surface area (Å²) in [4.78, 5) is 38.2. The van der Waals surface area contributed by atoms with Crippen molar-refractivity contribution in [3.05, 3.63) is 54.1 Å². The van der Waals surface area contributed by atoms with Crippen molar-refractivity contribution in [1.29, 1.82) is 0 Å². The van der Waals surface area contributed by atoms with Crippen LogP contribution < -0.4 is 15.0 Å². The number of hydrogen-bond acceptors (Lipinski definition) is 5. The summed E-state index contributed by atoms with van der Waals surface area (Å²) in [5, 5.41) is 2.72. The molecule has 0 aromatic heterocycles. The van der Waals surface area contributed by atoms with Gasteiger partial charge in [0.1, 0.15) is 12.3 Å². The molecule has 0 fully saturated rings. The second-order valence-electron chi connectivity index (χ2n) is 6.43. The molecule has 0 saturated heterocycles. The summed E-state index contributed by atoms with van der Waals surface area (Å²) in [7, 11) is 1.57. The normalized spacial score (nSPS) is 13.9. The van der Waals surface area contributed by atoms with Crippen LogP contribution in [0.15, 0.2) is 48.5 Å². The maximum Gasteiger partial charge on any atom is 0.306 e. The molecular formula is C21H22N2O5. The topological polar surface area (TPSA) is 84.9 Å². The maximum atomic E-state index is 12.8. The van der Waals surface area contributed by atoms with E-state index in [0.717, 1.165) is 5.56 Å². The number of nitrogens with one attached hydrogen (secondary N) is 1. The third kappa shape index (κ3) is 4.31. The zero-order valence-electron chi connectivity index (χ0n) is 15.8. The van der Waals surface area contributed by atoms with E-state index in [1.54, 1.807) is 31.4 Å². The van der Waals surface area contributed by atoms with Crippen molar-refractivity contribution >= 4 is 29.2 Å². The number of carbonyl (C=O) groups is 3. The number of aryl methyl sites for hydroxylation is 1. The van der Waals surface area contributed by atoms with Crippen LogP contribution in [0.3, 0.4) is 0 Å². The van der Waals surface area contributed by atoms with Crippen LogP contribution in [-0.4, -0.2) is 37.5 Å². The van der Waals surface area contributed by atoms with Gasteiger partial charge in [0.15, 0.2) is 6.10 Å². The summed E-state index contributed by atoms with van der Waals surface area (Å²) in [6, 6.07) is 14.4. The van der Waals surface area contributed by atoms with Crippen molar-refractivity contribution < 1.29 is 23.9 Å². The molecule has 1 aliphatic heterocycles. The van der Waals surface area contributed by atoms with E-state index < -0.39 is 18.0 Å². The van der Waals surface area contributed by atoms with Gasteiger partial charge in [0.2, 0.25) is 5.91 Å². The molecule has 0 bridgehead atoms. The first kappa shape index (κ1) is 19.4. The van der Waals surface area contributed by atoms with Crippen LogP contribution in [0.1, 0.15) is 18.9 Å². The van der Waals surface area contributed by atoms with E-state index in [1.165, 1.54) is 11.8 Å². The number of esters is 1. The Balaban J connectivity index is 1.61. The molecule has 0 spiro atoms. The quantitative estimate of drug-likeness (QED) is 0.776. The van der Waals surface area contributed by atoms with Gasteiger partial charge in [-0.05, 0) is 37.1 Å². The predicted molar refractivity (Wildman–Crippen MR) is 104 cm³/mol. The Morgan fingerprint density at radius 3 is 2.64 bits per heavy atom. The van der Waals surface area contributed by atoms with Crippen molar-refractivity contribution in [2.24, 2.45) is 0 Å². The maximum absolute atomic E-state index is 12.8. The van der Waals surface area contributed by atoms with Crippen LogP contribution in [-0.2, 0) is 25.5 Å². The van der Waals surface area contributed by atoms with Gasteiger partial charge in [-0.3, -0.25) is 19.3 Å². The van der Waals surface area contributed by atoms with Gasteiger partial charge in [0.05, 0.1) is 18.5 Å². The summed E-state index contributed by atoms with van der Waals surface area (Å²) in [6.45, 7) is 1.40. The third-order valence-corrected chi connectivity index (χ3v) is 4.48. The minimum Gasteiger partial charge on any atom is -0.496 e. The van der Waals surface area contributed by atoms with Crippen LogP contribution in [0.4, 0.5) is 11.4 Å². The fourth-order valence-electron chi connectivity index (χ4n) is 3.10. The van der Waals surface area contributed by atoms with Crippen LogP contribution >= 0.6 is 0 Å². The lowest BCUT2D eigenvalue weighted by molar-refractivity contribution is -0.153. The number of rotatable bonds is 6. The van der Waals surface area contributed by atoms with E-state index in [9.17, 15) is 14.4 Å². The van der Waals surface area contributed by atoms with E-state index in [-0.39, 0.29) is 18.9 Å². The highest BCUT2D eigenvalue weighted by Gasteiger charge is 2.31. The molecule has 0 saturated carbocycles. The first-order chi connectivity index (χ1) is 13.5. The molecular weight excluding hydrogens is 360 g/mol. The molecule has 0 aliphatic carbocycles. The average Bonchev–Trinajstić information content (AvgIpc) is 2.71. The number of amides is 2. The molecule has 7 nitrogen and oxygen atoms in total. The monoisotopic (exact) mass is 382 g/mol. The smallest absolute Gasteiger partial charge is 0.306 e. The van der Waals surface area contributed by atoms with Gasteiger partial charge < -0.3 is 14.8 Å². The van der Waals surface area contributed by atoms with Gasteiger partial charge in [-0.15, -0.1) is 0 Å². The van der Waals surface area contributed by atoms with Gasteiger partial charge >= 0.3 is 5.97 Å². The molecule has 7 heteroatoms. The van der Waals surface area contributed by atoms with Crippen molar-refractivity contribution in [3.8, 4) is 5.75 Å². The highest BCUT2D eigenvalue weighted by atomic mass is 16.5. The number of fused-ring (bicyclic) bond motifs is 1. The first-order valence-electron chi connectivity index (χ1n) is 9.01. The molecule has 1 heterocycles. The number of para-hydroxylation sites is 3. The highest BCUT2D eigenvalue weighted by Crippen LogP contribution is 2.29. The second kappa shape index (κ2) is 8.56. The Labute approximate surface area is 163 Å². The van der Waals surface area contributed by atoms with E-state index in [4.69, 9.17) is 9.47 Å². The molecule has 3 rings (SSSR count). The SMILES string of the molecule is COc1ccccc1CCC(=O)O[C@@H](C)C(=O)N1CC(=O)Nc2ccccc21. The number of anilines is 2. The molecule has 146 valence electrons. The lowest BCUT2D eigenvalue weighted by Gasteiger charge is -2.30. The molecule has 1 atom stereocenters. The minimum absolute atomic E-state index is 0.112. The molecule has 2 aromatic carbocycles. The lowest BCUT2D eigenvalue weighted by atomic mass is 10.1. The van der Waals surface area contributed by atoms with Gasteiger partial charge in [0.25, 0.3) is 5.91 Å². The van der Waals surface area contributed by atoms with Crippen molar-refractivity contribution in [1.82, 2.24) is 0 Å². The fourth-order valence-corrected chi connectivity index (χ4v) is 3.10. The number of ether oxygens (including phenoxy) is 2. The Morgan fingerprint density at radius 1 is 1.14 bits per heavy atom. The molecule has 1 aliphatic rings. The summed E-state index contributed by atoms with van der Waals surface area (Å²) in [5.74, 6) is -0.508. The second-order valence-corrected chi connectivity index (χ2v) is 6.43. The number of methoxy groups -OCH3 is 1. The summed E-state index contributed by atoms with van der Waals surface area (Å²) in [5.41, 5.74) is 2.04. The molecule has 28 heavy (non-hydrogen) atoms. The standard InChI is InChI=1S/C21H22N2O5/c1-14(28-20(25)12-11-15-7-3-6-10-18(15)27-2)21(26)23-13-19(24)22-16-8-4-5-9-17(16)23/h3-10,14H,11-13H2,1-2H3,(H,22,24)/t14-/m0/s1. The Bertz CT molecular complexity index is 896. The van der Waals surface area contributed by atoms with E-state index >= 15 is 0 Å². The van der Waals surface area contributed by atoms with Crippen LogP contribution in [0.2, 0.25) is 0 Å². The highest BCUT2D eigenvalue weighted by molar-refractivity contribution is 6.11. The van der Waals surface area contributed by atoms with Gasteiger partial charge in [-0.2, -0.15) is 0 Å². The zero-order valence-corrected chi connectivity index (χ0v) is 15.8. The van der Waals surface area contributed by atoms with Gasteiger partial charge in [-0.1, -0.05) is 30.3 Å². The molecule has 2 amide bonds. The van der Waals surface area contributed by atoms with Crippen molar-refractivity contribution in [3.63, 3.8) is 0 Å². The molecule has 1 N–H and O–H groups in total. The van der Waals surface area contributed by atoms with Crippen LogP contribution in [0, 0.1) is 0 Å². The van der Waals surface area contributed by atoms with Gasteiger partial charge in [-0.25, -0.2) is 0 Å². The lowest BCUT2D eigenvalue weighted by Crippen LogP contribution is -2.47. The number of nitrogens with zero attached hydrogens (tertiary/aromatic N) is 1. The molecule has 2 aromatic rings. The number of carbonyl (C=O) groups excluding carboxylic acids is 3. The molecule has 0 radical (unpaired) electrons. The van der Waals surface area contributed by atoms with Crippen LogP contribution in [0.5, 0.6) is 5.75 Å². The third-order valence-electron chi connectivity index (χ3n) is 4.48. The average molecular weight is 382 g/mol. The summed E-state index contributed by atoms with van der Waals surface area (Å²) < 4.78 is 10.6. The Hall–Kier alpha value is -3.35. The Kier molecular flexibility index (Phi) is 5.93. The van der Waals surface area contributed by atoms with Gasteiger partial charge in [0, 0.05) is 6.42 Å². The number of benzene rings is 2.